The molecule has 1 saturated carbocycles. The molecule has 1 N–H and O–H groups in total. The summed E-state index contributed by atoms with van der Waals surface area (Å²) in [6.07, 6.45) is 6.76. The quantitative estimate of drug-likeness (QED) is 0.680. The van der Waals surface area contributed by atoms with Crippen molar-refractivity contribution in [2.24, 2.45) is 11.3 Å². The Bertz CT molecular complexity index is 421. The number of anilines is 1. The standard InChI is InChI=1S/C19H31N/c1-14-11-15(2)13-18(12-14)20-17-8-6-7-16(9-10-17)19(3,4)5/h11-13,16-17,20H,6-10H2,1-5H3. The molecule has 1 fully saturated rings. The molecule has 20 heavy (non-hydrogen) atoms. The fourth-order valence-electron chi connectivity index (χ4n) is 3.61. The van der Waals surface area contributed by atoms with Crippen molar-refractivity contribution in [3.8, 4) is 0 Å². The molecule has 0 aromatic heterocycles. The average Bonchev–Trinajstić information content (AvgIpc) is 2.52. The molecule has 2 unspecified atom stereocenters. The molecule has 0 saturated heterocycles. The van der Waals surface area contributed by atoms with Crippen molar-refractivity contribution in [1.29, 1.82) is 0 Å². The van der Waals surface area contributed by atoms with Crippen LogP contribution in [0.25, 0.3) is 0 Å². The lowest BCUT2D eigenvalue weighted by Gasteiger charge is -2.29. The summed E-state index contributed by atoms with van der Waals surface area (Å²) in [6.45, 7) is 11.6. The van der Waals surface area contributed by atoms with E-state index < -0.39 is 0 Å². The maximum Gasteiger partial charge on any atom is 0.0347 e. The summed E-state index contributed by atoms with van der Waals surface area (Å²) in [5, 5.41) is 3.77. The van der Waals surface area contributed by atoms with Crippen molar-refractivity contribution in [3.05, 3.63) is 29.3 Å². The van der Waals surface area contributed by atoms with Crippen molar-refractivity contribution in [1.82, 2.24) is 0 Å². The predicted octanol–water partition coefficient (Wildman–Crippen LogP) is 5.71. The lowest BCUT2D eigenvalue weighted by molar-refractivity contribution is 0.214. The van der Waals surface area contributed by atoms with Gasteiger partial charge < -0.3 is 5.32 Å². The molecular weight excluding hydrogens is 242 g/mol. The summed E-state index contributed by atoms with van der Waals surface area (Å²) >= 11 is 0. The zero-order valence-corrected chi connectivity index (χ0v) is 13.9. The first-order chi connectivity index (χ1) is 9.34. The van der Waals surface area contributed by atoms with E-state index >= 15 is 0 Å². The fourth-order valence-corrected chi connectivity index (χ4v) is 3.61. The summed E-state index contributed by atoms with van der Waals surface area (Å²) in [5.41, 5.74) is 4.48. The lowest BCUT2D eigenvalue weighted by Crippen LogP contribution is -2.21. The monoisotopic (exact) mass is 273 g/mol. The van der Waals surface area contributed by atoms with Gasteiger partial charge in [0.15, 0.2) is 0 Å². The summed E-state index contributed by atoms with van der Waals surface area (Å²) in [7, 11) is 0. The summed E-state index contributed by atoms with van der Waals surface area (Å²) in [4.78, 5) is 0. The van der Waals surface area contributed by atoms with Crippen LogP contribution >= 0.6 is 0 Å². The zero-order valence-electron chi connectivity index (χ0n) is 13.9. The topological polar surface area (TPSA) is 12.0 Å². The highest BCUT2D eigenvalue weighted by Gasteiger charge is 2.27. The van der Waals surface area contributed by atoms with Crippen LogP contribution in [0.3, 0.4) is 0 Å². The van der Waals surface area contributed by atoms with Crippen LogP contribution < -0.4 is 5.32 Å². The number of nitrogens with one attached hydrogen (secondary N) is 1. The molecule has 0 amide bonds. The molecule has 0 spiro atoms. The smallest absolute Gasteiger partial charge is 0.0347 e. The molecule has 2 rings (SSSR count). The molecule has 1 aliphatic rings. The molecule has 112 valence electrons. The van der Waals surface area contributed by atoms with E-state index in [1.807, 2.05) is 0 Å². The molecule has 2 atom stereocenters. The van der Waals surface area contributed by atoms with Crippen LogP contribution in [0.15, 0.2) is 18.2 Å². The van der Waals surface area contributed by atoms with Crippen molar-refractivity contribution in [2.75, 3.05) is 5.32 Å². The third-order valence-corrected chi connectivity index (χ3v) is 4.79. The minimum absolute atomic E-state index is 0.467. The van der Waals surface area contributed by atoms with Crippen LogP contribution in [0.2, 0.25) is 0 Å². The largest absolute Gasteiger partial charge is 0.382 e. The average molecular weight is 273 g/mol. The Morgan fingerprint density at radius 3 is 2.15 bits per heavy atom. The van der Waals surface area contributed by atoms with Gasteiger partial charge in [0.1, 0.15) is 0 Å². The Labute approximate surface area is 125 Å². The highest BCUT2D eigenvalue weighted by atomic mass is 14.9. The minimum atomic E-state index is 0.467. The highest BCUT2D eigenvalue weighted by Crippen LogP contribution is 2.37. The number of aryl methyl sites for hydroxylation is 2. The van der Waals surface area contributed by atoms with Crippen molar-refractivity contribution in [3.63, 3.8) is 0 Å². The van der Waals surface area contributed by atoms with E-state index in [9.17, 15) is 0 Å². The van der Waals surface area contributed by atoms with Gasteiger partial charge in [-0.2, -0.15) is 0 Å². The molecule has 1 heteroatoms. The molecule has 1 aromatic carbocycles. The third kappa shape index (κ3) is 4.26. The first-order valence-corrected chi connectivity index (χ1v) is 8.19. The van der Waals surface area contributed by atoms with Gasteiger partial charge in [-0.15, -0.1) is 0 Å². The zero-order chi connectivity index (χ0) is 14.8. The van der Waals surface area contributed by atoms with Gasteiger partial charge in [0, 0.05) is 11.7 Å². The van der Waals surface area contributed by atoms with Crippen LogP contribution in [-0.4, -0.2) is 6.04 Å². The Morgan fingerprint density at radius 1 is 0.900 bits per heavy atom. The van der Waals surface area contributed by atoms with Gasteiger partial charge in [-0.05, 0) is 74.1 Å². The lowest BCUT2D eigenvalue weighted by atomic mass is 9.76. The van der Waals surface area contributed by atoms with Crippen LogP contribution in [0.1, 0.15) is 64.0 Å². The molecule has 0 heterocycles. The Kier molecular flexibility index (Phi) is 4.78. The van der Waals surface area contributed by atoms with Gasteiger partial charge >= 0.3 is 0 Å². The van der Waals surface area contributed by atoms with Crippen LogP contribution in [0, 0.1) is 25.2 Å². The van der Waals surface area contributed by atoms with Crippen molar-refractivity contribution < 1.29 is 0 Å². The predicted molar refractivity (Wildman–Crippen MR) is 89.4 cm³/mol. The van der Waals surface area contributed by atoms with Gasteiger partial charge in [-0.1, -0.05) is 33.3 Å². The van der Waals surface area contributed by atoms with Gasteiger partial charge in [-0.25, -0.2) is 0 Å². The van der Waals surface area contributed by atoms with E-state index in [4.69, 9.17) is 0 Å². The van der Waals surface area contributed by atoms with Gasteiger partial charge in [0.2, 0.25) is 0 Å². The molecule has 0 bridgehead atoms. The number of hydrogen-bond acceptors (Lipinski definition) is 1. The second-order valence-electron chi connectivity index (χ2n) is 7.79. The van der Waals surface area contributed by atoms with E-state index in [0.717, 1.165) is 5.92 Å². The third-order valence-electron chi connectivity index (χ3n) is 4.79. The van der Waals surface area contributed by atoms with Gasteiger partial charge in [-0.3, -0.25) is 0 Å². The molecule has 0 aliphatic heterocycles. The van der Waals surface area contributed by atoms with Crippen LogP contribution in [0.4, 0.5) is 5.69 Å². The molecular formula is C19H31N. The van der Waals surface area contributed by atoms with Gasteiger partial charge in [0.25, 0.3) is 0 Å². The minimum Gasteiger partial charge on any atom is -0.382 e. The Balaban J connectivity index is 1.97. The second-order valence-corrected chi connectivity index (χ2v) is 7.79. The first kappa shape index (κ1) is 15.4. The van der Waals surface area contributed by atoms with Gasteiger partial charge in [0.05, 0.1) is 0 Å². The summed E-state index contributed by atoms with van der Waals surface area (Å²) in [6, 6.07) is 7.45. The number of benzene rings is 1. The number of rotatable bonds is 2. The van der Waals surface area contributed by atoms with Crippen molar-refractivity contribution >= 4 is 5.69 Å². The van der Waals surface area contributed by atoms with E-state index in [1.54, 1.807) is 0 Å². The van der Waals surface area contributed by atoms with E-state index in [2.05, 4.69) is 58.1 Å². The van der Waals surface area contributed by atoms with Crippen LogP contribution in [-0.2, 0) is 0 Å². The Hall–Kier alpha value is -0.980. The molecule has 0 radical (unpaired) electrons. The van der Waals surface area contributed by atoms with Crippen LogP contribution in [0.5, 0.6) is 0 Å². The normalized spacial score (nSPS) is 24.2. The fraction of sp³-hybridized carbons (Fsp3) is 0.684. The highest BCUT2D eigenvalue weighted by molar-refractivity contribution is 5.49. The molecule has 1 aromatic rings. The first-order valence-electron chi connectivity index (χ1n) is 8.19. The maximum absolute atomic E-state index is 3.77. The maximum atomic E-state index is 3.77. The summed E-state index contributed by atoms with van der Waals surface area (Å²) in [5.74, 6) is 0.883. The van der Waals surface area contributed by atoms with Crippen molar-refractivity contribution in [2.45, 2.75) is 72.8 Å². The van der Waals surface area contributed by atoms with E-state index in [-0.39, 0.29) is 0 Å². The summed E-state index contributed by atoms with van der Waals surface area (Å²) < 4.78 is 0. The number of hydrogen-bond donors (Lipinski definition) is 1. The second kappa shape index (κ2) is 6.20. The molecule has 1 nitrogen and oxygen atoms in total. The Morgan fingerprint density at radius 2 is 1.55 bits per heavy atom. The van der Waals surface area contributed by atoms with E-state index in [0.29, 0.717) is 11.5 Å². The molecule has 1 aliphatic carbocycles. The van der Waals surface area contributed by atoms with E-state index in [1.165, 1.54) is 48.9 Å². The SMILES string of the molecule is Cc1cc(C)cc(NC2CCCC(C(C)(C)C)CC2)c1.